The fourth-order valence-electron chi connectivity index (χ4n) is 2.50. The molecule has 0 bridgehead atoms. The van der Waals surface area contributed by atoms with Crippen LogP contribution in [0.2, 0.25) is 0 Å². The number of allylic oxidation sites excluding steroid dienone is 8. The van der Waals surface area contributed by atoms with E-state index in [4.69, 9.17) is 16.9 Å². The predicted molar refractivity (Wildman–Crippen MR) is 122 cm³/mol. The van der Waals surface area contributed by atoms with Gasteiger partial charge in [-0.15, -0.1) is 11.3 Å². The molecule has 0 saturated heterocycles. The first-order chi connectivity index (χ1) is 14.7. The van der Waals surface area contributed by atoms with Crippen molar-refractivity contribution in [3.8, 4) is 0 Å². The Hall–Kier alpha value is -3.72. The Bertz CT molecular complexity index is 1010. The largest absolute Gasteiger partial charge is 0.399 e. The minimum absolute atomic E-state index is 0.346. The highest BCUT2D eigenvalue weighted by Gasteiger charge is 2.24. The molecule has 1 aromatic heterocycles. The van der Waals surface area contributed by atoms with Crippen molar-refractivity contribution in [2.75, 3.05) is 0 Å². The quantitative estimate of drug-likeness (QED) is 0.460. The van der Waals surface area contributed by atoms with Crippen LogP contribution in [0.5, 0.6) is 0 Å². The first kappa shape index (κ1) is 23.6. The number of hydrogen-bond acceptors (Lipinski definition) is 6. The minimum atomic E-state index is -1.14. The van der Waals surface area contributed by atoms with E-state index in [2.05, 4.69) is 10.6 Å². The van der Waals surface area contributed by atoms with Gasteiger partial charge >= 0.3 is 0 Å². The SMILES string of the molecule is Cc1csc(C(=O)N[C@@H](CC(N)=O)C(=O)NC2=C/C=C\C=C/C(=N)C/C=C(N)\C=C\2)c1. The molecule has 2 rings (SSSR count). The lowest BCUT2D eigenvalue weighted by Crippen LogP contribution is -2.48. The van der Waals surface area contributed by atoms with Gasteiger partial charge in [0.1, 0.15) is 6.04 Å². The summed E-state index contributed by atoms with van der Waals surface area (Å²) in [5, 5.41) is 14.8. The van der Waals surface area contributed by atoms with Crippen molar-refractivity contribution in [1.82, 2.24) is 10.6 Å². The third-order valence-corrected chi connectivity index (χ3v) is 5.10. The molecule has 0 unspecified atom stereocenters. The fraction of sp³-hybridized carbons (Fsp3) is 0.182. The topological polar surface area (TPSA) is 151 Å². The average molecular weight is 440 g/mol. The van der Waals surface area contributed by atoms with Gasteiger partial charge in [-0.05, 0) is 48.2 Å². The van der Waals surface area contributed by atoms with Crippen molar-refractivity contribution in [3.63, 3.8) is 0 Å². The minimum Gasteiger partial charge on any atom is -0.399 e. The number of aryl methyl sites for hydroxylation is 1. The average Bonchev–Trinajstić information content (AvgIpc) is 3.14. The lowest BCUT2D eigenvalue weighted by Gasteiger charge is -2.17. The Morgan fingerprint density at radius 2 is 1.97 bits per heavy atom. The van der Waals surface area contributed by atoms with Crippen LogP contribution in [0.4, 0.5) is 0 Å². The zero-order valence-electron chi connectivity index (χ0n) is 17.1. The van der Waals surface area contributed by atoms with Crippen molar-refractivity contribution >= 4 is 34.8 Å². The summed E-state index contributed by atoms with van der Waals surface area (Å²) in [5.41, 5.74) is 13.3. The van der Waals surface area contributed by atoms with Gasteiger partial charge in [-0.2, -0.15) is 0 Å². The van der Waals surface area contributed by atoms with E-state index in [-0.39, 0.29) is 6.42 Å². The molecule has 0 saturated carbocycles. The van der Waals surface area contributed by atoms with Gasteiger partial charge in [0, 0.05) is 23.5 Å². The second-order valence-corrected chi connectivity index (χ2v) is 7.72. The molecule has 1 aromatic rings. The third-order valence-electron chi connectivity index (χ3n) is 4.06. The van der Waals surface area contributed by atoms with Crippen LogP contribution in [-0.4, -0.2) is 29.5 Å². The molecule has 0 spiro atoms. The zero-order valence-corrected chi connectivity index (χ0v) is 17.9. The van der Waals surface area contributed by atoms with Crippen LogP contribution in [0.3, 0.4) is 0 Å². The number of carbonyl (C=O) groups excluding carboxylic acids is 3. The molecule has 162 valence electrons. The molecule has 3 amide bonds. The summed E-state index contributed by atoms with van der Waals surface area (Å²) in [6.45, 7) is 1.86. The van der Waals surface area contributed by atoms with E-state index in [1.54, 1.807) is 54.7 Å². The number of primary amides is 1. The highest BCUT2D eigenvalue weighted by atomic mass is 32.1. The first-order valence-electron chi connectivity index (χ1n) is 9.46. The Morgan fingerprint density at radius 3 is 2.65 bits per heavy atom. The molecule has 9 heteroatoms. The third kappa shape index (κ3) is 8.27. The van der Waals surface area contributed by atoms with Gasteiger partial charge < -0.3 is 27.5 Å². The van der Waals surface area contributed by atoms with Gasteiger partial charge in [0.25, 0.3) is 5.91 Å². The maximum atomic E-state index is 12.8. The van der Waals surface area contributed by atoms with Gasteiger partial charge in [0.2, 0.25) is 11.8 Å². The van der Waals surface area contributed by atoms with Crippen molar-refractivity contribution < 1.29 is 14.4 Å². The number of carbonyl (C=O) groups is 3. The molecule has 8 nitrogen and oxygen atoms in total. The molecule has 31 heavy (non-hydrogen) atoms. The maximum absolute atomic E-state index is 12.8. The van der Waals surface area contributed by atoms with E-state index < -0.39 is 23.8 Å². The molecule has 0 radical (unpaired) electrons. The van der Waals surface area contributed by atoms with Crippen LogP contribution in [0.25, 0.3) is 0 Å². The van der Waals surface area contributed by atoms with Gasteiger partial charge in [0.05, 0.1) is 11.3 Å². The van der Waals surface area contributed by atoms with Crippen LogP contribution in [-0.2, 0) is 9.59 Å². The summed E-state index contributed by atoms with van der Waals surface area (Å²) in [4.78, 5) is 37.1. The molecule has 0 aromatic carbocycles. The molecule has 1 atom stereocenters. The van der Waals surface area contributed by atoms with Crippen molar-refractivity contribution in [2.45, 2.75) is 25.8 Å². The second kappa shape index (κ2) is 11.5. The second-order valence-electron chi connectivity index (χ2n) is 6.81. The first-order valence-corrected chi connectivity index (χ1v) is 10.3. The summed E-state index contributed by atoms with van der Waals surface area (Å²) in [7, 11) is 0. The number of nitrogens with one attached hydrogen (secondary N) is 3. The summed E-state index contributed by atoms with van der Waals surface area (Å²) in [6, 6.07) is 0.560. The number of rotatable bonds is 6. The molecule has 1 aliphatic carbocycles. The van der Waals surface area contributed by atoms with Crippen LogP contribution in [0.15, 0.2) is 71.4 Å². The molecule has 1 heterocycles. The van der Waals surface area contributed by atoms with Gasteiger partial charge in [0.15, 0.2) is 0 Å². The summed E-state index contributed by atoms with van der Waals surface area (Å²) in [6.07, 6.45) is 13.3. The Kier molecular flexibility index (Phi) is 8.71. The normalized spacial score (nSPS) is 21.6. The number of hydrogen-bond donors (Lipinski definition) is 5. The molecular formula is C22H25N5O3S. The van der Waals surface area contributed by atoms with E-state index in [1.807, 2.05) is 12.3 Å². The van der Waals surface area contributed by atoms with Crippen molar-refractivity contribution in [3.05, 3.63) is 81.9 Å². The van der Waals surface area contributed by atoms with E-state index in [1.165, 1.54) is 11.3 Å². The molecular weight excluding hydrogens is 414 g/mol. The lowest BCUT2D eigenvalue weighted by atomic mass is 10.1. The molecule has 1 aliphatic rings. The van der Waals surface area contributed by atoms with Crippen molar-refractivity contribution in [2.24, 2.45) is 11.5 Å². The van der Waals surface area contributed by atoms with Crippen LogP contribution in [0, 0.1) is 12.3 Å². The zero-order chi connectivity index (χ0) is 22.8. The summed E-state index contributed by atoms with van der Waals surface area (Å²) >= 11 is 1.25. The van der Waals surface area contributed by atoms with Crippen LogP contribution in [0.1, 0.15) is 28.1 Å². The smallest absolute Gasteiger partial charge is 0.262 e. The van der Waals surface area contributed by atoms with Gasteiger partial charge in [-0.1, -0.05) is 24.3 Å². The summed E-state index contributed by atoms with van der Waals surface area (Å²) in [5.74, 6) is -1.76. The van der Waals surface area contributed by atoms with Gasteiger partial charge in [-0.3, -0.25) is 14.4 Å². The molecule has 0 aliphatic heterocycles. The number of amides is 3. The Balaban J connectivity index is 2.19. The highest BCUT2D eigenvalue weighted by molar-refractivity contribution is 7.12. The van der Waals surface area contributed by atoms with Gasteiger partial charge in [-0.25, -0.2) is 0 Å². The Labute approximate surface area is 184 Å². The molecule has 0 fully saturated rings. The predicted octanol–water partition coefficient (Wildman–Crippen LogP) is 1.97. The number of thiophene rings is 1. The lowest BCUT2D eigenvalue weighted by molar-refractivity contribution is -0.126. The monoisotopic (exact) mass is 439 g/mol. The van der Waals surface area contributed by atoms with E-state index in [0.29, 0.717) is 28.4 Å². The summed E-state index contributed by atoms with van der Waals surface area (Å²) < 4.78 is 0. The van der Waals surface area contributed by atoms with Crippen LogP contribution >= 0.6 is 11.3 Å². The van der Waals surface area contributed by atoms with E-state index in [0.717, 1.165) is 5.56 Å². The Morgan fingerprint density at radius 1 is 1.19 bits per heavy atom. The fourth-order valence-corrected chi connectivity index (χ4v) is 3.30. The highest BCUT2D eigenvalue weighted by Crippen LogP contribution is 2.14. The number of nitrogens with two attached hydrogens (primary N) is 2. The van der Waals surface area contributed by atoms with E-state index in [9.17, 15) is 14.4 Å². The maximum Gasteiger partial charge on any atom is 0.262 e. The molecule has 7 N–H and O–H groups in total. The van der Waals surface area contributed by atoms with E-state index >= 15 is 0 Å². The van der Waals surface area contributed by atoms with Crippen molar-refractivity contribution in [1.29, 1.82) is 5.41 Å². The van der Waals surface area contributed by atoms with Crippen LogP contribution < -0.4 is 22.1 Å². The standard InChI is InChI=1S/C22H25N5O3S/c1-14-11-19(31-13-14)22(30)27-18(12-20(25)28)21(29)26-17-6-4-2-3-5-15(23)7-8-16(24)9-10-17/h2-6,8-11,13,18,23H,7,12,24H2,1H3,(H2,25,28)(H,26,29)(H,27,30)/b4-2-,5-3-,10-9+,16-8+,17-6+,23-15?/t18-/m0/s1.